The van der Waals surface area contributed by atoms with Crippen molar-refractivity contribution >= 4 is 0 Å². The number of hydrogen-bond acceptors (Lipinski definition) is 2. The van der Waals surface area contributed by atoms with Crippen molar-refractivity contribution < 1.29 is 9.84 Å². The van der Waals surface area contributed by atoms with Crippen LogP contribution in [0.25, 0.3) is 0 Å². The van der Waals surface area contributed by atoms with E-state index in [4.69, 9.17) is 4.74 Å². The fourth-order valence-electron chi connectivity index (χ4n) is 1.67. The van der Waals surface area contributed by atoms with Crippen molar-refractivity contribution in [2.45, 2.75) is 59.7 Å². The first kappa shape index (κ1) is 13.9. The Kier molecular flexibility index (Phi) is 8.20. The summed E-state index contributed by atoms with van der Waals surface area (Å²) < 4.78 is 5.46. The maximum atomic E-state index is 9.70. The second kappa shape index (κ2) is 8.25. The lowest BCUT2D eigenvalue weighted by Gasteiger charge is -2.22. The van der Waals surface area contributed by atoms with Gasteiger partial charge < -0.3 is 9.84 Å². The van der Waals surface area contributed by atoms with E-state index in [0.717, 1.165) is 12.8 Å². The van der Waals surface area contributed by atoms with Crippen molar-refractivity contribution in [3.63, 3.8) is 0 Å². The molecule has 0 bridgehead atoms. The van der Waals surface area contributed by atoms with Gasteiger partial charge in [-0.15, -0.1) is 0 Å². The molecule has 14 heavy (non-hydrogen) atoms. The Morgan fingerprint density at radius 1 is 1.14 bits per heavy atom. The smallest absolute Gasteiger partial charge is 0.157 e. The van der Waals surface area contributed by atoms with Crippen LogP contribution in [0, 0.1) is 11.8 Å². The predicted molar refractivity (Wildman–Crippen MR) is 60.1 cm³/mol. The molecule has 0 amide bonds. The molecule has 2 unspecified atom stereocenters. The van der Waals surface area contributed by atoms with Crippen LogP contribution in [0.1, 0.15) is 53.4 Å². The van der Waals surface area contributed by atoms with E-state index in [1.807, 2.05) is 0 Å². The summed E-state index contributed by atoms with van der Waals surface area (Å²) in [5.41, 5.74) is 0. The Bertz CT molecular complexity index is 121. The standard InChI is InChI=1S/C12H26O2/c1-5-8-10(4)9-14-12(13)11(6-2)7-3/h10-13H,5-9H2,1-4H3. The first-order valence-electron chi connectivity index (χ1n) is 5.95. The lowest BCUT2D eigenvalue weighted by atomic mass is 10.0. The number of ether oxygens (including phenoxy) is 1. The zero-order valence-electron chi connectivity index (χ0n) is 10.1. The molecular weight excluding hydrogens is 176 g/mol. The molecule has 2 nitrogen and oxygen atoms in total. The molecule has 1 N–H and O–H groups in total. The van der Waals surface area contributed by atoms with Crippen LogP contribution in [-0.4, -0.2) is 18.0 Å². The molecule has 0 aliphatic heterocycles. The lowest BCUT2D eigenvalue weighted by Crippen LogP contribution is -2.25. The topological polar surface area (TPSA) is 29.5 Å². The van der Waals surface area contributed by atoms with E-state index in [-0.39, 0.29) is 0 Å². The van der Waals surface area contributed by atoms with Gasteiger partial charge in [0.2, 0.25) is 0 Å². The fourth-order valence-corrected chi connectivity index (χ4v) is 1.67. The number of aliphatic hydroxyl groups is 1. The Balaban J connectivity index is 3.65. The summed E-state index contributed by atoms with van der Waals surface area (Å²) in [6.07, 6.45) is 3.77. The van der Waals surface area contributed by atoms with Gasteiger partial charge in [0.15, 0.2) is 6.29 Å². The highest BCUT2D eigenvalue weighted by Gasteiger charge is 2.16. The van der Waals surface area contributed by atoms with Gasteiger partial charge in [-0.1, -0.05) is 34.1 Å². The molecule has 0 spiro atoms. The third-order valence-corrected chi connectivity index (χ3v) is 2.79. The summed E-state index contributed by atoms with van der Waals surface area (Å²) in [7, 11) is 0. The molecule has 0 aromatic rings. The largest absolute Gasteiger partial charge is 0.368 e. The zero-order valence-corrected chi connectivity index (χ0v) is 10.1. The van der Waals surface area contributed by atoms with Crippen LogP contribution in [0.5, 0.6) is 0 Å². The normalized spacial score (nSPS) is 15.9. The Hall–Kier alpha value is -0.0800. The molecular formula is C12H26O2. The second-order valence-electron chi connectivity index (χ2n) is 4.19. The molecule has 0 radical (unpaired) electrons. The molecule has 0 heterocycles. The summed E-state index contributed by atoms with van der Waals surface area (Å²) >= 11 is 0. The van der Waals surface area contributed by atoms with Crippen LogP contribution in [0.2, 0.25) is 0 Å². The highest BCUT2D eigenvalue weighted by molar-refractivity contribution is 4.58. The second-order valence-corrected chi connectivity index (χ2v) is 4.19. The summed E-state index contributed by atoms with van der Waals surface area (Å²) in [4.78, 5) is 0. The quantitative estimate of drug-likeness (QED) is 0.612. The van der Waals surface area contributed by atoms with Gasteiger partial charge in [-0.3, -0.25) is 0 Å². The highest BCUT2D eigenvalue weighted by atomic mass is 16.6. The first-order valence-corrected chi connectivity index (χ1v) is 5.95. The average molecular weight is 202 g/mol. The molecule has 0 aromatic carbocycles. The zero-order chi connectivity index (χ0) is 11.0. The molecule has 0 rings (SSSR count). The minimum Gasteiger partial charge on any atom is -0.368 e. The average Bonchev–Trinajstić information content (AvgIpc) is 2.17. The van der Waals surface area contributed by atoms with E-state index in [1.54, 1.807) is 0 Å². The van der Waals surface area contributed by atoms with E-state index < -0.39 is 6.29 Å². The van der Waals surface area contributed by atoms with E-state index in [0.29, 0.717) is 18.4 Å². The summed E-state index contributed by atoms with van der Waals surface area (Å²) in [6.45, 7) is 9.22. The molecule has 2 atom stereocenters. The van der Waals surface area contributed by atoms with Gasteiger partial charge >= 0.3 is 0 Å². The van der Waals surface area contributed by atoms with Gasteiger partial charge in [0, 0.05) is 5.92 Å². The molecule has 86 valence electrons. The third kappa shape index (κ3) is 5.61. The van der Waals surface area contributed by atoms with Crippen molar-refractivity contribution in [3.05, 3.63) is 0 Å². The van der Waals surface area contributed by atoms with Crippen molar-refractivity contribution in [2.24, 2.45) is 11.8 Å². The SMILES string of the molecule is CCCC(C)COC(O)C(CC)CC. The number of rotatable bonds is 8. The predicted octanol–water partition coefficient (Wildman–Crippen LogP) is 3.19. The Labute approximate surface area is 88.7 Å². The van der Waals surface area contributed by atoms with E-state index in [9.17, 15) is 5.11 Å². The van der Waals surface area contributed by atoms with Crippen LogP contribution in [0.15, 0.2) is 0 Å². The van der Waals surface area contributed by atoms with Crippen molar-refractivity contribution in [1.82, 2.24) is 0 Å². The van der Waals surface area contributed by atoms with Crippen molar-refractivity contribution in [2.75, 3.05) is 6.61 Å². The van der Waals surface area contributed by atoms with Gasteiger partial charge in [0.1, 0.15) is 0 Å². The van der Waals surface area contributed by atoms with Crippen LogP contribution >= 0.6 is 0 Å². The maximum absolute atomic E-state index is 9.70. The fraction of sp³-hybridized carbons (Fsp3) is 1.00. The number of hydrogen-bond donors (Lipinski definition) is 1. The van der Waals surface area contributed by atoms with Gasteiger partial charge in [0.25, 0.3) is 0 Å². The lowest BCUT2D eigenvalue weighted by molar-refractivity contribution is -0.143. The minimum absolute atomic E-state index is 0.295. The van der Waals surface area contributed by atoms with Crippen LogP contribution in [-0.2, 0) is 4.74 Å². The van der Waals surface area contributed by atoms with Crippen LogP contribution < -0.4 is 0 Å². The molecule has 2 heteroatoms. The minimum atomic E-state index is -0.565. The summed E-state index contributed by atoms with van der Waals surface area (Å²) in [5, 5.41) is 9.70. The van der Waals surface area contributed by atoms with Crippen LogP contribution in [0.4, 0.5) is 0 Å². The molecule has 0 saturated carbocycles. The molecule has 0 aliphatic rings. The molecule has 0 saturated heterocycles. The van der Waals surface area contributed by atoms with Gasteiger partial charge in [0.05, 0.1) is 6.61 Å². The number of aliphatic hydroxyl groups excluding tert-OH is 1. The monoisotopic (exact) mass is 202 g/mol. The third-order valence-electron chi connectivity index (χ3n) is 2.79. The van der Waals surface area contributed by atoms with E-state index in [2.05, 4.69) is 27.7 Å². The maximum Gasteiger partial charge on any atom is 0.157 e. The highest BCUT2D eigenvalue weighted by Crippen LogP contribution is 2.15. The first-order chi connectivity index (χ1) is 6.65. The van der Waals surface area contributed by atoms with Gasteiger partial charge in [-0.25, -0.2) is 0 Å². The van der Waals surface area contributed by atoms with Gasteiger partial charge in [-0.05, 0) is 25.2 Å². The summed E-state index contributed by atoms with van der Waals surface area (Å²) in [5.74, 6) is 0.854. The molecule has 0 aromatic heterocycles. The van der Waals surface area contributed by atoms with Crippen molar-refractivity contribution in [1.29, 1.82) is 0 Å². The molecule has 0 fully saturated rings. The van der Waals surface area contributed by atoms with E-state index >= 15 is 0 Å². The van der Waals surface area contributed by atoms with Gasteiger partial charge in [-0.2, -0.15) is 0 Å². The van der Waals surface area contributed by atoms with Crippen LogP contribution in [0.3, 0.4) is 0 Å². The Morgan fingerprint density at radius 3 is 2.14 bits per heavy atom. The van der Waals surface area contributed by atoms with Crippen molar-refractivity contribution in [3.8, 4) is 0 Å². The van der Waals surface area contributed by atoms with E-state index in [1.165, 1.54) is 12.8 Å². The summed E-state index contributed by atoms with van der Waals surface area (Å²) in [6, 6.07) is 0. The Morgan fingerprint density at radius 2 is 1.71 bits per heavy atom. The molecule has 0 aliphatic carbocycles.